The Morgan fingerprint density at radius 2 is 1.33 bits per heavy atom. The molecule has 0 amide bonds. The zero-order chi connectivity index (χ0) is 21.1. The van der Waals surface area contributed by atoms with Crippen LogP contribution in [0.3, 0.4) is 0 Å². The van der Waals surface area contributed by atoms with Crippen LogP contribution in [-0.4, -0.2) is 18.1 Å². The van der Waals surface area contributed by atoms with Gasteiger partial charge >= 0.3 is 0 Å². The van der Waals surface area contributed by atoms with E-state index in [0.717, 1.165) is 29.8 Å². The van der Waals surface area contributed by atoms with E-state index in [2.05, 4.69) is 43.0 Å². The fourth-order valence-electron chi connectivity index (χ4n) is 3.51. The van der Waals surface area contributed by atoms with Crippen LogP contribution in [0.25, 0.3) is 34.0 Å². The molecule has 1 aromatic heterocycles. The molecular weight excluding hydrogens is 415 g/mol. The molecule has 0 aliphatic rings. The SMILES string of the molecule is CCN(CC)c1ccc(-c2oc(-c3ccccc3Cl)nc2-c2ccccc2Cl)cc1. The number of halogens is 2. The van der Waals surface area contributed by atoms with Crippen molar-refractivity contribution in [3.63, 3.8) is 0 Å². The van der Waals surface area contributed by atoms with Crippen molar-refractivity contribution in [2.24, 2.45) is 0 Å². The zero-order valence-corrected chi connectivity index (χ0v) is 18.4. The normalized spacial score (nSPS) is 10.9. The topological polar surface area (TPSA) is 29.3 Å². The number of hydrogen-bond donors (Lipinski definition) is 0. The molecule has 4 rings (SSSR count). The number of nitrogens with zero attached hydrogens (tertiary/aromatic N) is 2. The lowest BCUT2D eigenvalue weighted by Gasteiger charge is -2.21. The Bertz CT molecular complexity index is 1150. The van der Waals surface area contributed by atoms with E-state index in [-0.39, 0.29) is 0 Å². The summed E-state index contributed by atoms with van der Waals surface area (Å²) in [4.78, 5) is 7.09. The Labute approximate surface area is 186 Å². The van der Waals surface area contributed by atoms with Gasteiger partial charge in [0.1, 0.15) is 5.69 Å². The van der Waals surface area contributed by atoms with Gasteiger partial charge in [-0.2, -0.15) is 0 Å². The fourth-order valence-corrected chi connectivity index (χ4v) is 3.96. The van der Waals surface area contributed by atoms with E-state index in [1.54, 1.807) is 0 Å². The Morgan fingerprint density at radius 1 is 0.767 bits per heavy atom. The molecule has 0 atom stereocenters. The highest BCUT2D eigenvalue weighted by Gasteiger charge is 2.21. The second-order valence-corrected chi connectivity index (χ2v) is 7.69. The third kappa shape index (κ3) is 3.96. The van der Waals surface area contributed by atoms with Gasteiger partial charge in [0.25, 0.3) is 0 Å². The molecule has 4 aromatic rings. The van der Waals surface area contributed by atoms with Gasteiger partial charge in [0.2, 0.25) is 5.89 Å². The van der Waals surface area contributed by atoms with E-state index in [1.807, 2.05) is 48.5 Å². The summed E-state index contributed by atoms with van der Waals surface area (Å²) in [5.74, 6) is 1.14. The van der Waals surface area contributed by atoms with Crippen LogP contribution in [0, 0.1) is 0 Å². The number of rotatable bonds is 6. The summed E-state index contributed by atoms with van der Waals surface area (Å²) < 4.78 is 6.26. The number of oxazole rings is 1. The van der Waals surface area contributed by atoms with Crippen molar-refractivity contribution in [3.05, 3.63) is 82.8 Å². The Balaban J connectivity index is 1.86. The molecule has 152 valence electrons. The zero-order valence-electron chi connectivity index (χ0n) is 16.9. The van der Waals surface area contributed by atoms with Crippen LogP contribution in [-0.2, 0) is 0 Å². The highest BCUT2D eigenvalue weighted by molar-refractivity contribution is 6.33. The maximum atomic E-state index is 6.49. The van der Waals surface area contributed by atoms with Crippen LogP contribution < -0.4 is 4.90 Å². The van der Waals surface area contributed by atoms with Crippen LogP contribution in [0.2, 0.25) is 10.0 Å². The number of benzene rings is 3. The summed E-state index contributed by atoms with van der Waals surface area (Å²) in [6.45, 7) is 6.22. The van der Waals surface area contributed by atoms with Crippen LogP contribution >= 0.6 is 23.2 Å². The summed E-state index contributed by atoms with van der Waals surface area (Å²) in [6, 6.07) is 23.5. The molecule has 1 heterocycles. The molecule has 0 spiro atoms. The van der Waals surface area contributed by atoms with Gasteiger partial charge in [-0.05, 0) is 56.3 Å². The molecule has 5 heteroatoms. The van der Waals surface area contributed by atoms with E-state index >= 15 is 0 Å². The number of aromatic nitrogens is 1. The molecular formula is C25H22Cl2N2O. The average Bonchev–Trinajstić information content (AvgIpc) is 3.20. The fraction of sp³-hybridized carbons (Fsp3) is 0.160. The van der Waals surface area contributed by atoms with E-state index < -0.39 is 0 Å². The van der Waals surface area contributed by atoms with Crippen LogP contribution in [0.1, 0.15) is 13.8 Å². The number of anilines is 1. The lowest BCUT2D eigenvalue weighted by Crippen LogP contribution is -2.21. The van der Waals surface area contributed by atoms with Crippen molar-refractivity contribution in [1.29, 1.82) is 0 Å². The van der Waals surface area contributed by atoms with Crippen molar-refractivity contribution < 1.29 is 4.42 Å². The van der Waals surface area contributed by atoms with Crippen LogP contribution in [0.4, 0.5) is 5.69 Å². The van der Waals surface area contributed by atoms with Crippen molar-refractivity contribution in [2.45, 2.75) is 13.8 Å². The molecule has 0 radical (unpaired) electrons. The van der Waals surface area contributed by atoms with E-state index in [0.29, 0.717) is 27.4 Å². The quantitative estimate of drug-likeness (QED) is 0.308. The summed E-state index contributed by atoms with van der Waals surface area (Å²) in [5.41, 5.74) is 4.38. The molecule has 3 aromatic carbocycles. The molecule has 0 saturated carbocycles. The lowest BCUT2D eigenvalue weighted by atomic mass is 10.1. The second-order valence-electron chi connectivity index (χ2n) is 6.88. The van der Waals surface area contributed by atoms with Gasteiger partial charge in [-0.25, -0.2) is 4.98 Å². The first-order valence-corrected chi connectivity index (χ1v) is 10.7. The minimum Gasteiger partial charge on any atom is -0.435 e. The van der Waals surface area contributed by atoms with E-state index in [1.165, 1.54) is 5.69 Å². The van der Waals surface area contributed by atoms with Crippen LogP contribution in [0.5, 0.6) is 0 Å². The van der Waals surface area contributed by atoms with Gasteiger partial charge in [-0.15, -0.1) is 0 Å². The summed E-state index contributed by atoms with van der Waals surface area (Å²) in [7, 11) is 0. The van der Waals surface area contributed by atoms with Gasteiger partial charge in [-0.3, -0.25) is 0 Å². The Kier molecular flexibility index (Phi) is 6.12. The van der Waals surface area contributed by atoms with Crippen LogP contribution in [0.15, 0.2) is 77.2 Å². The number of hydrogen-bond acceptors (Lipinski definition) is 3. The standard InChI is InChI=1S/C25H22Cl2N2O/c1-3-29(4-2)18-15-13-17(14-16-18)24-23(19-9-5-7-11-21(19)26)28-25(30-24)20-10-6-8-12-22(20)27/h5-16H,3-4H2,1-2H3. The van der Waals surface area contributed by atoms with Gasteiger partial charge < -0.3 is 9.32 Å². The largest absolute Gasteiger partial charge is 0.435 e. The minimum atomic E-state index is 0.471. The monoisotopic (exact) mass is 436 g/mol. The third-order valence-corrected chi connectivity index (χ3v) is 5.78. The first-order valence-electron chi connectivity index (χ1n) is 9.98. The third-order valence-electron chi connectivity index (χ3n) is 5.12. The van der Waals surface area contributed by atoms with Gasteiger partial charge in [-0.1, -0.05) is 53.5 Å². The molecule has 0 bridgehead atoms. The average molecular weight is 437 g/mol. The predicted octanol–water partition coefficient (Wildman–Crippen LogP) is 7.83. The van der Waals surface area contributed by atoms with Crippen molar-refractivity contribution in [2.75, 3.05) is 18.0 Å². The summed E-state index contributed by atoms with van der Waals surface area (Å²) >= 11 is 12.9. The Morgan fingerprint density at radius 3 is 1.90 bits per heavy atom. The molecule has 0 N–H and O–H groups in total. The summed E-state index contributed by atoms with van der Waals surface area (Å²) in [5, 5.41) is 1.21. The summed E-state index contributed by atoms with van der Waals surface area (Å²) in [6.07, 6.45) is 0. The highest BCUT2D eigenvalue weighted by atomic mass is 35.5. The first kappa shape index (κ1) is 20.5. The predicted molar refractivity (Wildman–Crippen MR) is 126 cm³/mol. The maximum absolute atomic E-state index is 6.49. The molecule has 0 aliphatic heterocycles. The lowest BCUT2D eigenvalue weighted by molar-refractivity contribution is 0.589. The van der Waals surface area contributed by atoms with Gasteiger partial charge in [0.05, 0.1) is 15.6 Å². The van der Waals surface area contributed by atoms with E-state index in [9.17, 15) is 0 Å². The van der Waals surface area contributed by atoms with Gasteiger partial charge in [0.15, 0.2) is 5.76 Å². The Hall–Kier alpha value is -2.75. The molecule has 0 aliphatic carbocycles. The van der Waals surface area contributed by atoms with Gasteiger partial charge in [0, 0.05) is 29.9 Å². The van der Waals surface area contributed by atoms with Crippen molar-refractivity contribution >= 4 is 28.9 Å². The smallest absolute Gasteiger partial charge is 0.228 e. The molecule has 0 fully saturated rings. The van der Waals surface area contributed by atoms with Crippen molar-refractivity contribution in [3.8, 4) is 34.0 Å². The molecule has 0 unspecified atom stereocenters. The minimum absolute atomic E-state index is 0.471. The maximum Gasteiger partial charge on any atom is 0.228 e. The van der Waals surface area contributed by atoms with Crippen molar-refractivity contribution in [1.82, 2.24) is 4.98 Å². The second kappa shape index (κ2) is 8.95. The molecule has 3 nitrogen and oxygen atoms in total. The van der Waals surface area contributed by atoms with E-state index in [4.69, 9.17) is 32.6 Å². The highest BCUT2D eigenvalue weighted by Crippen LogP contribution is 2.40. The molecule has 0 saturated heterocycles. The molecule has 30 heavy (non-hydrogen) atoms. The first-order chi connectivity index (χ1) is 14.6.